The standard InChI is InChI=1S/C16H18N4O/c1-11(2)20-10-14(9-18-20)21-16-13(8-17)7-12-5-3-4-6-15(12)19-16/h7,9-11H,3-6H2,1-2H3. The van der Waals surface area contributed by atoms with Crippen molar-refractivity contribution < 1.29 is 4.74 Å². The SMILES string of the molecule is CC(C)n1cc(Oc2nc3c(cc2C#N)CCCC3)cn1. The molecule has 0 N–H and O–H groups in total. The number of aromatic nitrogens is 3. The Bertz CT molecular complexity index is 697. The number of fused-ring (bicyclic) bond motifs is 1. The van der Waals surface area contributed by atoms with Gasteiger partial charge in [-0.2, -0.15) is 10.4 Å². The first-order valence-corrected chi connectivity index (χ1v) is 7.32. The van der Waals surface area contributed by atoms with Crippen molar-refractivity contribution >= 4 is 0 Å². The van der Waals surface area contributed by atoms with Gasteiger partial charge in [0.25, 0.3) is 0 Å². The molecular weight excluding hydrogens is 264 g/mol. The fourth-order valence-electron chi connectivity index (χ4n) is 2.54. The lowest BCUT2D eigenvalue weighted by Gasteiger charge is -2.16. The van der Waals surface area contributed by atoms with Gasteiger partial charge >= 0.3 is 0 Å². The average Bonchev–Trinajstić information content (AvgIpc) is 2.95. The first-order chi connectivity index (χ1) is 10.2. The Kier molecular flexibility index (Phi) is 3.61. The Labute approximate surface area is 124 Å². The van der Waals surface area contributed by atoms with E-state index in [1.54, 1.807) is 6.20 Å². The van der Waals surface area contributed by atoms with E-state index in [0.717, 1.165) is 25.0 Å². The van der Waals surface area contributed by atoms with Gasteiger partial charge in [0.05, 0.1) is 12.4 Å². The van der Waals surface area contributed by atoms with E-state index in [9.17, 15) is 5.26 Å². The van der Waals surface area contributed by atoms with Crippen LogP contribution in [0.3, 0.4) is 0 Å². The molecule has 0 atom stereocenters. The average molecular weight is 282 g/mol. The maximum Gasteiger partial charge on any atom is 0.237 e. The number of nitriles is 1. The number of pyridine rings is 1. The highest BCUT2D eigenvalue weighted by Gasteiger charge is 2.17. The highest BCUT2D eigenvalue weighted by molar-refractivity contribution is 5.44. The van der Waals surface area contributed by atoms with Gasteiger partial charge in [0.2, 0.25) is 5.88 Å². The van der Waals surface area contributed by atoms with Crippen LogP contribution in [0, 0.1) is 11.3 Å². The molecule has 0 spiro atoms. The zero-order chi connectivity index (χ0) is 14.8. The molecule has 0 fully saturated rings. The zero-order valence-corrected chi connectivity index (χ0v) is 12.3. The Hall–Kier alpha value is -2.35. The summed E-state index contributed by atoms with van der Waals surface area (Å²) in [6.45, 7) is 4.10. The van der Waals surface area contributed by atoms with Gasteiger partial charge in [0.1, 0.15) is 11.6 Å². The monoisotopic (exact) mass is 282 g/mol. The molecular formula is C16H18N4O. The van der Waals surface area contributed by atoms with Crippen molar-refractivity contribution in [2.45, 2.75) is 45.6 Å². The third-order valence-corrected chi connectivity index (χ3v) is 3.71. The molecule has 0 radical (unpaired) electrons. The Morgan fingerprint density at radius 3 is 2.86 bits per heavy atom. The summed E-state index contributed by atoms with van der Waals surface area (Å²) in [6.07, 6.45) is 7.76. The van der Waals surface area contributed by atoms with E-state index in [1.807, 2.05) is 16.9 Å². The van der Waals surface area contributed by atoms with E-state index < -0.39 is 0 Å². The van der Waals surface area contributed by atoms with Crippen LogP contribution >= 0.6 is 0 Å². The van der Waals surface area contributed by atoms with E-state index in [0.29, 0.717) is 17.2 Å². The highest BCUT2D eigenvalue weighted by Crippen LogP contribution is 2.28. The van der Waals surface area contributed by atoms with E-state index in [2.05, 4.69) is 30.0 Å². The van der Waals surface area contributed by atoms with Crippen molar-refractivity contribution in [3.05, 3.63) is 35.3 Å². The number of hydrogen-bond donors (Lipinski definition) is 0. The van der Waals surface area contributed by atoms with E-state index in [4.69, 9.17) is 4.74 Å². The summed E-state index contributed by atoms with van der Waals surface area (Å²) in [5, 5.41) is 13.5. The van der Waals surface area contributed by atoms with Crippen molar-refractivity contribution in [1.29, 1.82) is 5.26 Å². The predicted octanol–water partition coefficient (Wildman–Crippen LogP) is 3.40. The van der Waals surface area contributed by atoms with Crippen LogP contribution in [0.15, 0.2) is 18.5 Å². The maximum atomic E-state index is 9.30. The lowest BCUT2D eigenvalue weighted by atomic mass is 9.95. The quantitative estimate of drug-likeness (QED) is 0.865. The molecule has 0 aliphatic heterocycles. The van der Waals surface area contributed by atoms with Crippen LogP contribution in [-0.2, 0) is 12.8 Å². The first-order valence-electron chi connectivity index (χ1n) is 7.32. The minimum atomic E-state index is 0.272. The van der Waals surface area contributed by atoms with Gasteiger partial charge in [0, 0.05) is 11.7 Å². The molecule has 3 rings (SSSR count). The van der Waals surface area contributed by atoms with Crippen LogP contribution in [0.25, 0.3) is 0 Å². The second-order valence-electron chi connectivity index (χ2n) is 5.62. The van der Waals surface area contributed by atoms with Gasteiger partial charge < -0.3 is 4.74 Å². The highest BCUT2D eigenvalue weighted by atomic mass is 16.5. The third-order valence-electron chi connectivity index (χ3n) is 3.71. The van der Waals surface area contributed by atoms with Gasteiger partial charge in [-0.3, -0.25) is 4.68 Å². The first kappa shape index (κ1) is 13.6. The summed E-state index contributed by atoms with van der Waals surface area (Å²) < 4.78 is 7.60. The second-order valence-corrected chi connectivity index (χ2v) is 5.62. The molecule has 0 saturated carbocycles. The summed E-state index contributed by atoms with van der Waals surface area (Å²) in [5.41, 5.74) is 2.74. The summed E-state index contributed by atoms with van der Waals surface area (Å²) in [7, 11) is 0. The molecule has 108 valence electrons. The Balaban J connectivity index is 1.92. The van der Waals surface area contributed by atoms with Crippen molar-refractivity contribution in [3.8, 4) is 17.7 Å². The van der Waals surface area contributed by atoms with Crippen LogP contribution in [0.4, 0.5) is 0 Å². The smallest absolute Gasteiger partial charge is 0.237 e. The molecule has 0 amide bonds. The molecule has 5 nitrogen and oxygen atoms in total. The number of aryl methyl sites for hydroxylation is 2. The molecule has 21 heavy (non-hydrogen) atoms. The fraction of sp³-hybridized carbons (Fsp3) is 0.438. The van der Waals surface area contributed by atoms with Crippen LogP contribution in [0.2, 0.25) is 0 Å². The Morgan fingerprint density at radius 1 is 1.33 bits per heavy atom. The molecule has 0 unspecified atom stereocenters. The maximum absolute atomic E-state index is 9.30. The van der Waals surface area contributed by atoms with Gasteiger partial charge in [0.15, 0.2) is 5.75 Å². The van der Waals surface area contributed by atoms with E-state index in [-0.39, 0.29) is 6.04 Å². The largest absolute Gasteiger partial charge is 0.434 e. The van der Waals surface area contributed by atoms with Crippen molar-refractivity contribution in [1.82, 2.24) is 14.8 Å². The third kappa shape index (κ3) is 2.75. The van der Waals surface area contributed by atoms with Crippen LogP contribution in [0.5, 0.6) is 11.6 Å². The number of rotatable bonds is 3. The molecule has 2 heterocycles. The van der Waals surface area contributed by atoms with Gasteiger partial charge in [-0.05, 0) is 51.2 Å². The molecule has 0 bridgehead atoms. The summed E-state index contributed by atoms with van der Waals surface area (Å²) in [4.78, 5) is 4.55. The van der Waals surface area contributed by atoms with Gasteiger partial charge in [-0.25, -0.2) is 4.98 Å². The van der Waals surface area contributed by atoms with E-state index in [1.165, 1.54) is 12.0 Å². The van der Waals surface area contributed by atoms with Crippen molar-refractivity contribution in [3.63, 3.8) is 0 Å². The molecule has 1 aliphatic carbocycles. The lowest BCUT2D eigenvalue weighted by Crippen LogP contribution is -2.07. The van der Waals surface area contributed by atoms with Crippen LogP contribution in [0.1, 0.15) is 49.6 Å². The topological polar surface area (TPSA) is 63.7 Å². The number of ether oxygens (including phenoxy) is 1. The molecule has 1 aliphatic rings. The summed E-state index contributed by atoms with van der Waals surface area (Å²) in [6, 6.07) is 4.37. The summed E-state index contributed by atoms with van der Waals surface area (Å²) >= 11 is 0. The second kappa shape index (κ2) is 5.57. The zero-order valence-electron chi connectivity index (χ0n) is 12.3. The predicted molar refractivity (Wildman–Crippen MR) is 78.3 cm³/mol. The molecule has 2 aromatic rings. The lowest BCUT2D eigenvalue weighted by molar-refractivity contribution is 0.453. The fourth-order valence-corrected chi connectivity index (χ4v) is 2.54. The minimum Gasteiger partial charge on any atom is -0.434 e. The van der Waals surface area contributed by atoms with E-state index >= 15 is 0 Å². The van der Waals surface area contributed by atoms with Crippen molar-refractivity contribution in [2.24, 2.45) is 0 Å². The van der Waals surface area contributed by atoms with Gasteiger partial charge in [-0.1, -0.05) is 0 Å². The van der Waals surface area contributed by atoms with Crippen molar-refractivity contribution in [2.75, 3.05) is 0 Å². The summed E-state index contributed by atoms with van der Waals surface area (Å²) in [5.74, 6) is 1.00. The number of nitrogens with zero attached hydrogens (tertiary/aromatic N) is 4. The molecule has 0 saturated heterocycles. The molecule has 0 aromatic carbocycles. The molecule has 2 aromatic heterocycles. The van der Waals surface area contributed by atoms with Crippen LogP contribution in [-0.4, -0.2) is 14.8 Å². The minimum absolute atomic E-state index is 0.272. The number of hydrogen-bond acceptors (Lipinski definition) is 4. The Morgan fingerprint density at radius 2 is 2.14 bits per heavy atom. The normalized spacial score (nSPS) is 13.8. The van der Waals surface area contributed by atoms with Crippen LogP contribution < -0.4 is 4.74 Å². The van der Waals surface area contributed by atoms with Gasteiger partial charge in [-0.15, -0.1) is 0 Å². The molecule has 5 heteroatoms.